The zero-order valence-electron chi connectivity index (χ0n) is 9.44. The molecule has 0 saturated heterocycles. The summed E-state index contributed by atoms with van der Waals surface area (Å²) in [4.78, 5) is 27.5. The fourth-order valence-electron chi connectivity index (χ4n) is 1.27. The number of methoxy groups -OCH3 is 1. The first-order valence-corrected chi connectivity index (χ1v) is 5.52. The van der Waals surface area contributed by atoms with Crippen molar-refractivity contribution in [2.45, 2.75) is 6.92 Å². The Morgan fingerprint density at radius 3 is 2.65 bits per heavy atom. The summed E-state index contributed by atoms with van der Waals surface area (Å²) in [5.41, 5.74) is 5.58. The van der Waals surface area contributed by atoms with E-state index in [0.29, 0.717) is 10.3 Å². The number of rotatable bonds is 4. The minimum Gasteiger partial charge on any atom is -0.479 e. The van der Waals surface area contributed by atoms with Crippen LogP contribution >= 0.6 is 15.9 Å². The van der Waals surface area contributed by atoms with Gasteiger partial charge in [0.05, 0.1) is 13.7 Å². The van der Waals surface area contributed by atoms with Crippen LogP contribution < -0.4 is 15.4 Å². The number of aromatic nitrogens is 1. The van der Waals surface area contributed by atoms with Gasteiger partial charge in [-0.05, 0) is 35.0 Å². The average molecular weight is 302 g/mol. The molecule has 0 aliphatic heterocycles. The molecule has 92 valence electrons. The molecule has 1 heterocycles. The van der Waals surface area contributed by atoms with Gasteiger partial charge in [-0.15, -0.1) is 0 Å². The number of amides is 2. The molecule has 0 aromatic carbocycles. The number of pyridine rings is 1. The predicted molar refractivity (Wildman–Crippen MR) is 66.1 cm³/mol. The highest BCUT2D eigenvalue weighted by Gasteiger charge is 2.19. The lowest BCUT2D eigenvalue weighted by Gasteiger charge is -2.20. The summed E-state index contributed by atoms with van der Waals surface area (Å²) in [7, 11) is 1.42. The zero-order chi connectivity index (χ0) is 13.0. The van der Waals surface area contributed by atoms with Crippen molar-refractivity contribution in [2.75, 3.05) is 18.6 Å². The van der Waals surface area contributed by atoms with Crippen LogP contribution in [-0.2, 0) is 4.79 Å². The third-order valence-corrected chi connectivity index (χ3v) is 2.38. The largest absolute Gasteiger partial charge is 0.479 e. The monoisotopic (exact) mass is 301 g/mol. The van der Waals surface area contributed by atoms with E-state index < -0.39 is 6.03 Å². The molecule has 6 nitrogen and oxygen atoms in total. The van der Waals surface area contributed by atoms with Crippen molar-refractivity contribution in [3.05, 3.63) is 16.7 Å². The van der Waals surface area contributed by atoms with Crippen molar-refractivity contribution < 1.29 is 14.3 Å². The van der Waals surface area contributed by atoms with Crippen LogP contribution in [0.4, 0.5) is 10.5 Å². The van der Waals surface area contributed by atoms with E-state index in [1.54, 1.807) is 12.1 Å². The third-order valence-electron chi connectivity index (χ3n) is 1.94. The Kier molecular flexibility index (Phi) is 4.45. The number of anilines is 1. The highest BCUT2D eigenvalue weighted by atomic mass is 79.9. The summed E-state index contributed by atoms with van der Waals surface area (Å²) < 4.78 is 5.60. The van der Waals surface area contributed by atoms with Gasteiger partial charge in [0.25, 0.3) is 0 Å². The Labute approximate surface area is 107 Å². The van der Waals surface area contributed by atoms with Crippen LogP contribution in [0.25, 0.3) is 0 Å². The van der Waals surface area contributed by atoms with Crippen LogP contribution in [-0.4, -0.2) is 30.5 Å². The maximum atomic E-state index is 11.3. The highest BCUT2D eigenvalue weighted by Crippen LogP contribution is 2.27. The van der Waals surface area contributed by atoms with E-state index in [2.05, 4.69) is 20.9 Å². The van der Waals surface area contributed by atoms with E-state index in [4.69, 9.17) is 10.5 Å². The van der Waals surface area contributed by atoms with Crippen LogP contribution in [0.1, 0.15) is 6.92 Å². The van der Waals surface area contributed by atoms with Crippen molar-refractivity contribution in [2.24, 2.45) is 5.73 Å². The van der Waals surface area contributed by atoms with E-state index in [-0.39, 0.29) is 18.2 Å². The summed E-state index contributed by atoms with van der Waals surface area (Å²) in [6, 6.07) is 2.50. The average Bonchev–Trinajstić information content (AvgIpc) is 2.25. The number of carbonyl (C=O) groups excluding carboxylic acids is 2. The number of carbonyl (C=O) groups is 2. The number of hydrogen-bond donors (Lipinski definition) is 1. The van der Waals surface area contributed by atoms with E-state index in [0.717, 1.165) is 4.90 Å². The maximum absolute atomic E-state index is 11.3. The number of nitrogens with two attached hydrogens (primary N) is 1. The van der Waals surface area contributed by atoms with E-state index in [9.17, 15) is 9.59 Å². The molecular weight excluding hydrogens is 290 g/mol. The lowest BCUT2D eigenvalue weighted by molar-refractivity contribution is -0.115. The molecule has 0 unspecified atom stereocenters. The minimum absolute atomic E-state index is 0.116. The second-order valence-corrected chi connectivity index (χ2v) is 4.10. The molecule has 1 aromatic heterocycles. The number of ether oxygens (including phenoxy) is 1. The van der Waals surface area contributed by atoms with Gasteiger partial charge in [0.1, 0.15) is 16.1 Å². The van der Waals surface area contributed by atoms with E-state index in [1.807, 2.05) is 0 Å². The molecule has 0 fully saturated rings. The number of ketones is 1. The number of Topliss-reactive ketones (excluding diaryl/α,β-unsaturated/α-hetero) is 1. The molecular formula is C10H12BrN3O3. The molecule has 1 rings (SSSR count). The van der Waals surface area contributed by atoms with Gasteiger partial charge in [-0.25, -0.2) is 9.78 Å². The molecule has 7 heteroatoms. The van der Waals surface area contributed by atoms with Crippen molar-refractivity contribution in [3.8, 4) is 5.88 Å². The SMILES string of the molecule is COc1nc(Br)ccc1N(CC(C)=O)C(N)=O. The van der Waals surface area contributed by atoms with Crippen LogP contribution in [0, 0.1) is 0 Å². The van der Waals surface area contributed by atoms with Gasteiger partial charge < -0.3 is 10.5 Å². The molecule has 2 amide bonds. The van der Waals surface area contributed by atoms with Crippen LogP contribution in [0.15, 0.2) is 16.7 Å². The first-order chi connectivity index (χ1) is 7.95. The van der Waals surface area contributed by atoms with E-state index >= 15 is 0 Å². The fourth-order valence-corrected chi connectivity index (χ4v) is 1.56. The quantitative estimate of drug-likeness (QED) is 0.850. The molecule has 0 aliphatic rings. The summed E-state index contributed by atoms with van der Waals surface area (Å²) in [5.74, 6) is 0.0354. The molecule has 0 saturated carbocycles. The van der Waals surface area contributed by atoms with Gasteiger partial charge in [0.2, 0.25) is 5.88 Å². The molecule has 17 heavy (non-hydrogen) atoms. The summed E-state index contributed by atoms with van der Waals surface area (Å²) in [6.45, 7) is 1.25. The molecule has 0 aliphatic carbocycles. The van der Waals surface area contributed by atoms with Gasteiger partial charge in [-0.3, -0.25) is 9.69 Å². The zero-order valence-corrected chi connectivity index (χ0v) is 11.0. The molecule has 0 bridgehead atoms. The second-order valence-electron chi connectivity index (χ2n) is 3.29. The van der Waals surface area contributed by atoms with Crippen LogP contribution in [0.5, 0.6) is 5.88 Å². The smallest absolute Gasteiger partial charge is 0.319 e. The molecule has 0 radical (unpaired) electrons. The van der Waals surface area contributed by atoms with Crippen molar-refractivity contribution in [1.82, 2.24) is 4.98 Å². The number of primary amides is 1. The summed E-state index contributed by atoms with van der Waals surface area (Å²) in [5, 5.41) is 0. The highest BCUT2D eigenvalue weighted by molar-refractivity contribution is 9.10. The first kappa shape index (κ1) is 13.4. The molecule has 2 N–H and O–H groups in total. The van der Waals surface area contributed by atoms with Crippen molar-refractivity contribution in [3.63, 3.8) is 0 Å². The first-order valence-electron chi connectivity index (χ1n) is 4.72. The lowest BCUT2D eigenvalue weighted by Crippen LogP contribution is -2.39. The Balaban J connectivity index is 3.17. The Morgan fingerprint density at radius 2 is 2.18 bits per heavy atom. The summed E-state index contributed by atoms with van der Waals surface area (Å²) in [6.07, 6.45) is 0. The van der Waals surface area contributed by atoms with Gasteiger partial charge in [0, 0.05) is 0 Å². The minimum atomic E-state index is -0.734. The summed E-state index contributed by atoms with van der Waals surface area (Å²) >= 11 is 3.18. The third kappa shape index (κ3) is 3.42. The van der Waals surface area contributed by atoms with Gasteiger partial charge in [-0.1, -0.05) is 0 Å². The number of hydrogen-bond acceptors (Lipinski definition) is 4. The van der Waals surface area contributed by atoms with Crippen molar-refractivity contribution in [1.29, 1.82) is 0 Å². The Bertz CT molecular complexity index is 450. The van der Waals surface area contributed by atoms with Crippen molar-refractivity contribution >= 4 is 33.4 Å². The maximum Gasteiger partial charge on any atom is 0.319 e. The number of halogens is 1. The second kappa shape index (κ2) is 5.62. The van der Waals surface area contributed by atoms with E-state index in [1.165, 1.54) is 14.0 Å². The standard InChI is InChI=1S/C10H12BrN3O3/c1-6(15)5-14(10(12)16)7-3-4-8(11)13-9(7)17-2/h3-4H,5H2,1-2H3,(H2,12,16). The number of nitrogens with zero attached hydrogens (tertiary/aromatic N) is 2. The molecule has 0 atom stereocenters. The Morgan fingerprint density at radius 1 is 1.53 bits per heavy atom. The van der Waals surface area contributed by atoms with Crippen LogP contribution in [0.3, 0.4) is 0 Å². The molecule has 0 spiro atoms. The fraction of sp³-hybridized carbons (Fsp3) is 0.300. The normalized spacial score (nSPS) is 9.82. The van der Waals surface area contributed by atoms with Gasteiger partial charge in [0.15, 0.2) is 0 Å². The van der Waals surface area contributed by atoms with Crippen LogP contribution in [0.2, 0.25) is 0 Å². The topological polar surface area (TPSA) is 85.5 Å². The lowest BCUT2D eigenvalue weighted by atomic mass is 10.3. The van der Waals surface area contributed by atoms with Gasteiger partial charge in [-0.2, -0.15) is 0 Å². The Hall–Kier alpha value is -1.63. The molecule has 1 aromatic rings. The van der Waals surface area contributed by atoms with Gasteiger partial charge >= 0.3 is 6.03 Å². The number of urea groups is 1. The predicted octanol–water partition coefficient (Wildman–Crippen LogP) is 1.33.